The number of aromatic nitrogens is 2. The van der Waals surface area contributed by atoms with Gasteiger partial charge in [-0.05, 0) is 12.1 Å². The molecule has 3 N–H and O–H groups in total. The van der Waals surface area contributed by atoms with E-state index in [9.17, 15) is 12.8 Å². The smallest absolute Gasteiger partial charge is 0.229 e. The molecule has 0 aliphatic rings. The number of hydrogen-bond donors (Lipinski definition) is 3. The Bertz CT molecular complexity index is 1540. The predicted octanol–water partition coefficient (Wildman–Crippen LogP) is 5.17. The number of ether oxygens (including phenoxy) is 3. The molecule has 0 saturated heterocycles. The summed E-state index contributed by atoms with van der Waals surface area (Å²) < 4.78 is 57.2. The maximum Gasteiger partial charge on any atom is 0.229 e. The Morgan fingerprint density at radius 3 is 1.97 bits per heavy atom. The monoisotopic (exact) mass is 539 g/mol. The number of rotatable bonds is 10. The molecule has 0 unspecified atom stereocenters. The summed E-state index contributed by atoms with van der Waals surface area (Å²) in [5, 5.41) is 6.02. The SMILES string of the molecule is COc1cc(Nc2ncc(F)c(Nc3ccccc3-c3ccccc3NS(C)(=O)=O)n2)cc(OC)c1OC. The van der Waals surface area contributed by atoms with Crippen LogP contribution in [0.2, 0.25) is 0 Å². The molecule has 1 aromatic heterocycles. The molecule has 0 atom stereocenters. The van der Waals surface area contributed by atoms with E-state index in [0.29, 0.717) is 45.4 Å². The van der Waals surface area contributed by atoms with Crippen molar-refractivity contribution in [1.82, 2.24) is 9.97 Å². The minimum atomic E-state index is -3.52. The average molecular weight is 540 g/mol. The second-order valence-electron chi connectivity index (χ2n) is 8.02. The molecule has 38 heavy (non-hydrogen) atoms. The van der Waals surface area contributed by atoms with Crippen LogP contribution in [0.1, 0.15) is 0 Å². The van der Waals surface area contributed by atoms with E-state index in [1.165, 1.54) is 21.3 Å². The Labute approximate surface area is 219 Å². The van der Waals surface area contributed by atoms with Crippen molar-refractivity contribution in [3.05, 3.63) is 72.7 Å². The second-order valence-corrected chi connectivity index (χ2v) is 9.77. The zero-order chi connectivity index (χ0) is 27.3. The number of hydrogen-bond acceptors (Lipinski definition) is 9. The molecule has 0 amide bonds. The lowest BCUT2D eigenvalue weighted by atomic mass is 10.0. The van der Waals surface area contributed by atoms with Gasteiger partial charge in [0, 0.05) is 34.6 Å². The van der Waals surface area contributed by atoms with E-state index in [1.54, 1.807) is 60.7 Å². The number of methoxy groups -OCH3 is 3. The maximum atomic E-state index is 14.8. The normalized spacial score (nSPS) is 11.0. The third-order valence-corrected chi connectivity index (χ3v) is 5.95. The standard InChI is InChI=1S/C26H26FN5O5S/c1-35-22-13-16(14-23(36-2)24(22)37-3)29-26-28-15-19(27)25(31-26)30-20-11-7-5-9-17(20)18-10-6-8-12-21(18)32-38(4,33)34/h5-15,32H,1-4H3,(H2,28,29,30,31). The minimum absolute atomic E-state index is 0.0871. The van der Waals surface area contributed by atoms with Crippen LogP contribution in [0.4, 0.5) is 33.2 Å². The molecule has 4 aromatic rings. The summed E-state index contributed by atoms with van der Waals surface area (Å²) in [6.45, 7) is 0. The minimum Gasteiger partial charge on any atom is -0.493 e. The largest absolute Gasteiger partial charge is 0.493 e. The van der Waals surface area contributed by atoms with Gasteiger partial charge in [-0.3, -0.25) is 4.72 Å². The summed E-state index contributed by atoms with van der Waals surface area (Å²) in [6, 6.07) is 17.4. The summed E-state index contributed by atoms with van der Waals surface area (Å²) in [4.78, 5) is 8.34. The number of nitrogens with one attached hydrogen (secondary N) is 3. The second kappa shape index (κ2) is 11.2. The van der Waals surface area contributed by atoms with Crippen LogP contribution in [0.3, 0.4) is 0 Å². The highest BCUT2D eigenvalue weighted by atomic mass is 32.2. The van der Waals surface area contributed by atoms with E-state index in [-0.39, 0.29) is 11.8 Å². The zero-order valence-electron chi connectivity index (χ0n) is 21.1. The van der Waals surface area contributed by atoms with Crippen LogP contribution in [0.15, 0.2) is 66.9 Å². The number of halogens is 1. The molecule has 198 valence electrons. The maximum absolute atomic E-state index is 14.8. The Balaban J connectivity index is 1.68. The molecule has 1 heterocycles. The third-order valence-electron chi connectivity index (χ3n) is 5.36. The van der Waals surface area contributed by atoms with Crippen molar-refractivity contribution in [2.45, 2.75) is 0 Å². The molecule has 3 aromatic carbocycles. The van der Waals surface area contributed by atoms with Crippen LogP contribution in [-0.2, 0) is 10.0 Å². The highest BCUT2D eigenvalue weighted by molar-refractivity contribution is 7.92. The fourth-order valence-corrected chi connectivity index (χ4v) is 4.34. The van der Waals surface area contributed by atoms with Crippen LogP contribution >= 0.6 is 0 Å². The van der Waals surface area contributed by atoms with Crippen molar-refractivity contribution in [1.29, 1.82) is 0 Å². The van der Waals surface area contributed by atoms with Crippen molar-refractivity contribution in [3.63, 3.8) is 0 Å². The van der Waals surface area contributed by atoms with Gasteiger partial charge in [0.05, 0.1) is 39.5 Å². The molecule has 10 nitrogen and oxygen atoms in total. The first-order valence-electron chi connectivity index (χ1n) is 11.2. The van der Waals surface area contributed by atoms with E-state index >= 15 is 0 Å². The molecule has 0 aliphatic heterocycles. The molecule has 0 fully saturated rings. The molecule has 12 heteroatoms. The Kier molecular flexibility index (Phi) is 7.82. The van der Waals surface area contributed by atoms with Gasteiger partial charge in [-0.15, -0.1) is 0 Å². The first-order chi connectivity index (χ1) is 18.2. The van der Waals surface area contributed by atoms with Gasteiger partial charge in [0.25, 0.3) is 0 Å². The first-order valence-corrected chi connectivity index (χ1v) is 13.1. The van der Waals surface area contributed by atoms with E-state index < -0.39 is 15.8 Å². The van der Waals surface area contributed by atoms with Gasteiger partial charge >= 0.3 is 0 Å². The topological polar surface area (TPSA) is 124 Å². The fraction of sp³-hybridized carbons (Fsp3) is 0.154. The van der Waals surface area contributed by atoms with Crippen LogP contribution in [0.5, 0.6) is 17.2 Å². The van der Waals surface area contributed by atoms with Gasteiger partial charge in [0.15, 0.2) is 23.1 Å². The van der Waals surface area contributed by atoms with Gasteiger partial charge in [-0.1, -0.05) is 36.4 Å². The third kappa shape index (κ3) is 6.03. The highest BCUT2D eigenvalue weighted by Crippen LogP contribution is 2.40. The number of para-hydroxylation sites is 2. The number of sulfonamides is 1. The van der Waals surface area contributed by atoms with Crippen LogP contribution < -0.4 is 29.6 Å². The van der Waals surface area contributed by atoms with Gasteiger partial charge in [-0.25, -0.2) is 17.8 Å². The predicted molar refractivity (Wildman–Crippen MR) is 145 cm³/mol. The first kappa shape index (κ1) is 26.5. The Morgan fingerprint density at radius 1 is 0.816 bits per heavy atom. The van der Waals surface area contributed by atoms with Gasteiger partial charge in [0.1, 0.15) is 0 Å². The van der Waals surface area contributed by atoms with E-state index in [1.807, 2.05) is 0 Å². The molecule has 4 rings (SSSR count). The van der Waals surface area contributed by atoms with Crippen molar-refractivity contribution in [2.75, 3.05) is 42.9 Å². The molecule has 0 aliphatic carbocycles. The van der Waals surface area contributed by atoms with Gasteiger partial charge < -0.3 is 24.8 Å². The molecule has 0 radical (unpaired) electrons. The van der Waals surface area contributed by atoms with Crippen molar-refractivity contribution >= 4 is 38.9 Å². The molecule has 0 spiro atoms. The van der Waals surface area contributed by atoms with Crippen LogP contribution in [0.25, 0.3) is 11.1 Å². The lowest BCUT2D eigenvalue weighted by Gasteiger charge is -2.16. The summed E-state index contributed by atoms with van der Waals surface area (Å²) in [7, 11) is 0.978. The molecular weight excluding hydrogens is 513 g/mol. The lowest BCUT2D eigenvalue weighted by Crippen LogP contribution is -2.10. The van der Waals surface area contributed by atoms with Gasteiger partial charge in [0.2, 0.25) is 21.7 Å². The summed E-state index contributed by atoms with van der Waals surface area (Å²) >= 11 is 0. The van der Waals surface area contributed by atoms with Crippen LogP contribution in [0, 0.1) is 5.82 Å². The average Bonchev–Trinajstić information content (AvgIpc) is 2.90. The molecule has 0 saturated carbocycles. The highest BCUT2D eigenvalue weighted by Gasteiger charge is 2.16. The quantitative estimate of drug-likeness (QED) is 0.250. The summed E-state index contributed by atoms with van der Waals surface area (Å²) in [5.41, 5.74) is 2.66. The van der Waals surface area contributed by atoms with E-state index in [4.69, 9.17) is 14.2 Å². The van der Waals surface area contributed by atoms with E-state index in [0.717, 1.165) is 12.5 Å². The molecular formula is C26H26FN5O5S. The van der Waals surface area contributed by atoms with Gasteiger partial charge in [-0.2, -0.15) is 4.98 Å². The van der Waals surface area contributed by atoms with Crippen LogP contribution in [-0.4, -0.2) is 46.0 Å². The number of nitrogens with zero attached hydrogens (tertiary/aromatic N) is 2. The van der Waals surface area contributed by atoms with Crippen molar-refractivity contribution in [2.24, 2.45) is 0 Å². The summed E-state index contributed by atoms with van der Waals surface area (Å²) in [5.74, 6) is 0.605. The van der Waals surface area contributed by atoms with E-state index in [2.05, 4.69) is 25.3 Å². The number of anilines is 5. The molecule has 0 bridgehead atoms. The Morgan fingerprint density at radius 2 is 1.39 bits per heavy atom. The zero-order valence-corrected chi connectivity index (χ0v) is 21.9. The Hall–Kier alpha value is -4.58. The lowest BCUT2D eigenvalue weighted by molar-refractivity contribution is 0.324. The summed E-state index contributed by atoms with van der Waals surface area (Å²) in [6.07, 6.45) is 2.12. The fourth-order valence-electron chi connectivity index (χ4n) is 3.76. The van der Waals surface area contributed by atoms with Crippen molar-refractivity contribution < 1.29 is 27.0 Å². The number of benzene rings is 3. The van der Waals surface area contributed by atoms with Crippen molar-refractivity contribution in [3.8, 4) is 28.4 Å².